The van der Waals surface area contributed by atoms with Crippen LogP contribution in [0.3, 0.4) is 0 Å². The van der Waals surface area contributed by atoms with Gasteiger partial charge >= 0.3 is 5.69 Å². The standard InChI is InChI=1S/C30H26Cl2N4OS/c31-25-15-26(32)17-27(16-25)38-29-28(19-34-18-22-11-13-33-14-12-22)35(20-23-7-3-1-4-8-23)30(37)36(29)21-24-9-5-2-6-10-24/h1-17,34H,18-21H2. The SMILES string of the molecule is O=c1n(Cc2ccccc2)c(CNCc2ccncc2)c(Sc2cc(Cl)cc(Cl)c2)n1Cc1ccccc1. The van der Waals surface area contributed by atoms with Crippen LogP contribution in [0.5, 0.6) is 0 Å². The Hall–Kier alpha value is -3.29. The maximum absolute atomic E-state index is 14.0. The number of aromatic nitrogens is 3. The first-order valence-electron chi connectivity index (χ1n) is 12.2. The van der Waals surface area contributed by atoms with Crippen molar-refractivity contribution in [2.24, 2.45) is 0 Å². The van der Waals surface area contributed by atoms with E-state index in [1.54, 1.807) is 18.5 Å². The largest absolute Gasteiger partial charge is 0.329 e. The Morgan fingerprint density at radius 1 is 0.711 bits per heavy atom. The Kier molecular flexibility index (Phi) is 8.66. The Bertz CT molecular complexity index is 1530. The molecule has 5 aromatic rings. The molecule has 1 N–H and O–H groups in total. The molecule has 0 saturated carbocycles. The molecule has 2 heterocycles. The number of halogens is 2. The second kappa shape index (κ2) is 12.5. The normalized spacial score (nSPS) is 11.1. The van der Waals surface area contributed by atoms with E-state index in [0.717, 1.165) is 32.3 Å². The summed E-state index contributed by atoms with van der Waals surface area (Å²) in [5.41, 5.74) is 4.08. The highest BCUT2D eigenvalue weighted by Gasteiger charge is 2.22. The van der Waals surface area contributed by atoms with Crippen LogP contribution in [-0.4, -0.2) is 14.1 Å². The fourth-order valence-electron chi connectivity index (χ4n) is 4.26. The van der Waals surface area contributed by atoms with Crippen LogP contribution in [0.1, 0.15) is 22.4 Å². The number of hydrogen-bond donors (Lipinski definition) is 1. The van der Waals surface area contributed by atoms with E-state index in [1.165, 1.54) is 11.8 Å². The Morgan fingerprint density at radius 3 is 1.89 bits per heavy atom. The highest BCUT2D eigenvalue weighted by Crippen LogP contribution is 2.34. The van der Waals surface area contributed by atoms with Gasteiger partial charge in [0, 0.05) is 40.4 Å². The molecule has 0 aliphatic rings. The van der Waals surface area contributed by atoms with Gasteiger partial charge in [-0.15, -0.1) is 0 Å². The molecule has 8 heteroatoms. The molecule has 0 unspecified atom stereocenters. The Morgan fingerprint density at radius 2 is 1.29 bits per heavy atom. The quantitative estimate of drug-likeness (QED) is 0.202. The Labute approximate surface area is 236 Å². The molecular weight excluding hydrogens is 535 g/mol. The van der Waals surface area contributed by atoms with E-state index in [-0.39, 0.29) is 5.69 Å². The first kappa shape index (κ1) is 26.3. The third-order valence-electron chi connectivity index (χ3n) is 6.07. The Balaban J connectivity index is 1.59. The second-order valence-corrected chi connectivity index (χ2v) is 10.8. The van der Waals surface area contributed by atoms with Crippen molar-refractivity contribution in [1.29, 1.82) is 0 Å². The van der Waals surface area contributed by atoms with Crippen LogP contribution >= 0.6 is 35.0 Å². The number of rotatable bonds is 10. The predicted molar refractivity (Wildman–Crippen MR) is 155 cm³/mol. The maximum Gasteiger partial charge on any atom is 0.329 e. The van der Waals surface area contributed by atoms with Crippen molar-refractivity contribution in [2.45, 2.75) is 36.1 Å². The van der Waals surface area contributed by atoms with Crippen molar-refractivity contribution in [3.05, 3.63) is 146 Å². The lowest BCUT2D eigenvalue weighted by Crippen LogP contribution is -2.27. The lowest BCUT2D eigenvalue weighted by Gasteiger charge is -2.13. The molecule has 0 bridgehead atoms. The van der Waals surface area contributed by atoms with Gasteiger partial charge in [-0.2, -0.15) is 0 Å². The first-order valence-corrected chi connectivity index (χ1v) is 13.8. The minimum absolute atomic E-state index is 0.0611. The van der Waals surface area contributed by atoms with Gasteiger partial charge in [-0.1, -0.05) is 95.6 Å². The van der Waals surface area contributed by atoms with Crippen LogP contribution in [0.15, 0.2) is 118 Å². The average Bonchev–Trinajstić information content (AvgIpc) is 3.15. The van der Waals surface area contributed by atoms with E-state index in [9.17, 15) is 4.79 Å². The van der Waals surface area contributed by atoms with Gasteiger partial charge < -0.3 is 5.32 Å². The zero-order chi connectivity index (χ0) is 26.3. The summed E-state index contributed by atoms with van der Waals surface area (Å²) in [6, 6.07) is 29.5. The molecule has 0 amide bonds. The third-order valence-corrected chi connectivity index (χ3v) is 7.63. The van der Waals surface area contributed by atoms with Crippen LogP contribution in [0.4, 0.5) is 0 Å². The number of nitrogens with one attached hydrogen (secondary N) is 1. The molecule has 5 nitrogen and oxygen atoms in total. The van der Waals surface area contributed by atoms with E-state index in [1.807, 2.05) is 94.1 Å². The summed E-state index contributed by atoms with van der Waals surface area (Å²) in [7, 11) is 0. The van der Waals surface area contributed by atoms with Crippen molar-refractivity contribution in [3.8, 4) is 0 Å². The van der Waals surface area contributed by atoms with Gasteiger partial charge in [-0.25, -0.2) is 4.79 Å². The monoisotopic (exact) mass is 560 g/mol. The molecule has 192 valence electrons. The van der Waals surface area contributed by atoms with Crippen LogP contribution in [0.25, 0.3) is 0 Å². The van der Waals surface area contributed by atoms with Gasteiger partial charge in [0.05, 0.1) is 18.8 Å². The molecule has 0 aliphatic heterocycles. The fourth-order valence-corrected chi connectivity index (χ4v) is 6.07. The maximum atomic E-state index is 14.0. The molecule has 0 spiro atoms. The number of hydrogen-bond acceptors (Lipinski definition) is 4. The second-order valence-electron chi connectivity index (χ2n) is 8.84. The molecule has 5 rings (SSSR count). The highest BCUT2D eigenvalue weighted by atomic mass is 35.5. The third kappa shape index (κ3) is 6.58. The summed E-state index contributed by atoms with van der Waals surface area (Å²) in [6.07, 6.45) is 3.56. The van der Waals surface area contributed by atoms with Crippen molar-refractivity contribution in [2.75, 3.05) is 0 Å². The number of benzene rings is 3. The minimum atomic E-state index is -0.0611. The van der Waals surface area contributed by atoms with Gasteiger partial charge in [0.25, 0.3) is 0 Å². The van der Waals surface area contributed by atoms with Crippen LogP contribution < -0.4 is 11.0 Å². The summed E-state index contributed by atoms with van der Waals surface area (Å²) in [5.74, 6) is 0. The van der Waals surface area contributed by atoms with Gasteiger partial charge in [0.2, 0.25) is 0 Å². The van der Waals surface area contributed by atoms with Gasteiger partial charge in [0.1, 0.15) is 5.03 Å². The molecule has 0 atom stereocenters. The van der Waals surface area contributed by atoms with Crippen LogP contribution in [0.2, 0.25) is 10.0 Å². The van der Waals surface area contributed by atoms with E-state index in [4.69, 9.17) is 23.2 Å². The molecule has 2 aromatic heterocycles. The zero-order valence-corrected chi connectivity index (χ0v) is 22.9. The fraction of sp³-hybridized carbons (Fsp3) is 0.133. The summed E-state index contributed by atoms with van der Waals surface area (Å²) in [6.45, 7) is 2.08. The molecule has 0 saturated heterocycles. The van der Waals surface area contributed by atoms with Gasteiger partial charge in [0.15, 0.2) is 0 Å². The lowest BCUT2D eigenvalue weighted by atomic mass is 10.2. The summed E-state index contributed by atoms with van der Waals surface area (Å²) in [5, 5.41) is 5.50. The van der Waals surface area contributed by atoms with E-state index in [0.29, 0.717) is 36.2 Å². The molecule has 3 aromatic carbocycles. The van der Waals surface area contributed by atoms with Crippen molar-refractivity contribution < 1.29 is 0 Å². The molecule has 0 aliphatic carbocycles. The van der Waals surface area contributed by atoms with Gasteiger partial charge in [-0.05, 0) is 47.0 Å². The van der Waals surface area contributed by atoms with E-state index < -0.39 is 0 Å². The molecule has 0 radical (unpaired) electrons. The minimum Gasteiger partial charge on any atom is -0.307 e. The smallest absolute Gasteiger partial charge is 0.307 e. The number of nitrogens with zero attached hydrogens (tertiary/aromatic N) is 3. The van der Waals surface area contributed by atoms with Crippen molar-refractivity contribution in [3.63, 3.8) is 0 Å². The van der Waals surface area contributed by atoms with Crippen molar-refractivity contribution >= 4 is 35.0 Å². The zero-order valence-electron chi connectivity index (χ0n) is 20.6. The lowest BCUT2D eigenvalue weighted by molar-refractivity contribution is 0.620. The first-order chi connectivity index (χ1) is 18.6. The average molecular weight is 562 g/mol. The van der Waals surface area contributed by atoms with Crippen LogP contribution in [0, 0.1) is 0 Å². The summed E-state index contributed by atoms with van der Waals surface area (Å²) < 4.78 is 3.72. The van der Waals surface area contributed by atoms with Gasteiger partial charge in [-0.3, -0.25) is 14.1 Å². The van der Waals surface area contributed by atoms with Crippen molar-refractivity contribution in [1.82, 2.24) is 19.4 Å². The molecule has 38 heavy (non-hydrogen) atoms. The number of pyridine rings is 1. The molecule has 0 fully saturated rings. The number of imidazole rings is 1. The summed E-state index contributed by atoms with van der Waals surface area (Å²) in [4.78, 5) is 19.0. The highest BCUT2D eigenvalue weighted by molar-refractivity contribution is 7.99. The molecular formula is C30H26Cl2N4OS. The van der Waals surface area contributed by atoms with Crippen LogP contribution in [-0.2, 0) is 26.2 Å². The van der Waals surface area contributed by atoms with E-state index >= 15 is 0 Å². The summed E-state index contributed by atoms with van der Waals surface area (Å²) >= 11 is 14.2. The topological polar surface area (TPSA) is 51.9 Å². The predicted octanol–water partition coefficient (Wildman–Crippen LogP) is 6.89. The van der Waals surface area contributed by atoms with E-state index in [2.05, 4.69) is 10.3 Å².